The van der Waals surface area contributed by atoms with E-state index in [1.807, 2.05) is 0 Å². The quantitative estimate of drug-likeness (QED) is 0.0376. The Morgan fingerprint density at radius 3 is 1.04 bits per heavy atom. The number of carbonyl (C=O) groups is 3. The molecule has 0 unspecified atom stereocenters. The summed E-state index contributed by atoms with van der Waals surface area (Å²) in [5.41, 5.74) is 0. The van der Waals surface area contributed by atoms with Gasteiger partial charge in [0.1, 0.15) is 13.2 Å². The fourth-order valence-electron chi connectivity index (χ4n) is 5.92. The lowest BCUT2D eigenvalue weighted by atomic mass is 10.0. The molecular weight excluding hydrogens is 588 g/mol. The molecule has 0 aliphatic carbocycles. The van der Waals surface area contributed by atoms with Crippen LogP contribution in [-0.2, 0) is 28.6 Å². The van der Waals surface area contributed by atoms with Gasteiger partial charge in [-0.1, -0.05) is 182 Å². The minimum absolute atomic E-state index is 0.0667. The van der Waals surface area contributed by atoms with Gasteiger partial charge < -0.3 is 14.2 Å². The van der Waals surface area contributed by atoms with Crippen molar-refractivity contribution >= 4 is 17.9 Å². The molecule has 0 aromatic heterocycles. The maximum Gasteiger partial charge on any atom is 0.306 e. The second kappa shape index (κ2) is 35.7. The number of rotatable bonds is 36. The van der Waals surface area contributed by atoms with Crippen LogP contribution in [0.2, 0.25) is 0 Å². The van der Waals surface area contributed by atoms with Gasteiger partial charge in [-0.05, 0) is 25.2 Å². The number of carbonyl (C=O) groups excluding carboxylic acids is 3. The molecule has 0 heterocycles. The summed E-state index contributed by atoms with van der Waals surface area (Å²) in [7, 11) is 0. The van der Waals surface area contributed by atoms with Crippen molar-refractivity contribution in [2.45, 2.75) is 226 Å². The monoisotopic (exact) mass is 667 g/mol. The average Bonchev–Trinajstić information content (AvgIpc) is 3.05. The SMILES string of the molecule is CCCCCCCCCCCCCCCCCC(=O)OC[C@@H](COC(=O)CCCCCCCCC(C)C)OC(=O)CCCCCCC. The maximum atomic E-state index is 12.5. The van der Waals surface area contributed by atoms with Gasteiger partial charge in [0.15, 0.2) is 6.10 Å². The largest absolute Gasteiger partial charge is 0.462 e. The molecule has 0 aliphatic heterocycles. The van der Waals surface area contributed by atoms with Gasteiger partial charge in [0, 0.05) is 19.3 Å². The van der Waals surface area contributed by atoms with Crippen LogP contribution in [0.4, 0.5) is 0 Å². The van der Waals surface area contributed by atoms with Crippen molar-refractivity contribution in [2.24, 2.45) is 5.92 Å². The van der Waals surface area contributed by atoms with Gasteiger partial charge in [-0.15, -0.1) is 0 Å². The van der Waals surface area contributed by atoms with Gasteiger partial charge in [0.05, 0.1) is 0 Å². The summed E-state index contributed by atoms with van der Waals surface area (Å²) >= 11 is 0. The molecule has 0 spiro atoms. The first-order valence-electron chi connectivity index (χ1n) is 20.4. The molecule has 0 amide bonds. The minimum Gasteiger partial charge on any atom is -0.462 e. The molecule has 0 aromatic rings. The topological polar surface area (TPSA) is 78.9 Å². The number of esters is 3. The molecule has 0 aromatic carbocycles. The van der Waals surface area contributed by atoms with Gasteiger partial charge >= 0.3 is 17.9 Å². The molecule has 0 radical (unpaired) electrons. The van der Waals surface area contributed by atoms with E-state index in [4.69, 9.17) is 14.2 Å². The predicted octanol–water partition coefficient (Wildman–Crippen LogP) is 12.4. The van der Waals surface area contributed by atoms with E-state index in [2.05, 4.69) is 27.7 Å². The van der Waals surface area contributed by atoms with Gasteiger partial charge in [-0.3, -0.25) is 14.4 Å². The normalized spacial score (nSPS) is 11.9. The van der Waals surface area contributed by atoms with Crippen LogP contribution < -0.4 is 0 Å². The van der Waals surface area contributed by atoms with Crippen molar-refractivity contribution in [1.82, 2.24) is 0 Å². The third-order valence-electron chi connectivity index (χ3n) is 9.04. The molecule has 1 atom stereocenters. The Morgan fingerprint density at radius 1 is 0.404 bits per heavy atom. The molecule has 0 N–H and O–H groups in total. The highest BCUT2D eigenvalue weighted by Crippen LogP contribution is 2.15. The van der Waals surface area contributed by atoms with Crippen LogP contribution in [0.3, 0.4) is 0 Å². The van der Waals surface area contributed by atoms with Gasteiger partial charge in [-0.2, -0.15) is 0 Å². The standard InChI is InChI=1S/C41H78O6/c1-5-7-9-11-12-13-14-15-16-17-18-19-20-25-28-32-39(42)45-35-38(47-41(44)34-30-23-10-8-6-2)36-46-40(43)33-29-26-22-21-24-27-31-37(3)4/h37-38H,5-36H2,1-4H3/t38-/m0/s1. The lowest BCUT2D eigenvalue weighted by molar-refractivity contribution is -0.167. The number of hydrogen-bond donors (Lipinski definition) is 0. The summed E-state index contributed by atoms with van der Waals surface area (Å²) in [6.07, 6.45) is 32.7. The Hall–Kier alpha value is -1.59. The number of unbranched alkanes of at least 4 members (excludes halogenated alkanes) is 23. The molecule has 0 bridgehead atoms. The molecule has 278 valence electrons. The van der Waals surface area contributed by atoms with Crippen LogP contribution >= 0.6 is 0 Å². The molecule has 6 nitrogen and oxygen atoms in total. The fraction of sp³-hybridized carbons (Fsp3) is 0.927. The Balaban J connectivity index is 4.16. The highest BCUT2D eigenvalue weighted by Gasteiger charge is 2.19. The van der Waals surface area contributed by atoms with E-state index in [-0.39, 0.29) is 31.1 Å². The van der Waals surface area contributed by atoms with Crippen LogP contribution in [0.25, 0.3) is 0 Å². The summed E-state index contributed by atoms with van der Waals surface area (Å²) < 4.78 is 16.5. The zero-order valence-corrected chi connectivity index (χ0v) is 31.7. The Labute approximate surface area is 291 Å². The molecule has 6 heteroatoms. The zero-order chi connectivity index (χ0) is 34.6. The summed E-state index contributed by atoms with van der Waals surface area (Å²) in [5, 5.41) is 0. The summed E-state index contributed by atoms with van der Waals surface area (Å²) in [6.45, 7) is 8.82. The molecular formula is C41H78O6. The molecule has 0 saturated carbocycles. The first kappa shape index (κ1) is 45.4. The molecule has 47 heavy (non-hydrogen) atoms. The molecule has 0 saturated heterocycles. The lowest BCUT2D eigenvalue weighted by Crippen LogP contribution is -2.30. The second-order valence-electron chi connectivity index (χ2n) is 14.4. The van der Waals surface area contributed by atoms with Crippen molar-refractivity contribution in [1.29, 1.82) is 0 Å². The van der Waals surface area contributed by atoms with Crippen molar-refractivity contribution in [3.63, 3.8) is 0 Å². The van der Waals surface area contributed by atoms with Crippen LogP contribution in [0, 0.1) is 5.92 Å². The van der Waals surface area contributed by atoms with Crippen LogP contribution in [0.1, 0.15) is 220 Å². The maximum absolute atomic E-state index is 12.5. The van der Waals surface area contributed by atoms with Gasteiger partial charge in [-0.25, -0.2) is 0 Å². The van der Waals surface area contributed by atoms with Crippen LogP contribution in [-0.4, -0.2) is 37.2 Å². The highest BCUT2D eigenvalue weighted by molar-refractivity contribution is 5.71. The van der Waals surface area contributed by atoms with E-state index in [9.17, 15) is 14.4 Å². The van der Waals surface area contributed by atoms with Crippen molar-refractivity contribution in [3.8, 4) is 0 Å². The Kier molecular flexibility index (Phi) is 34.5. The van der Waals surface area contributed by atoms with Crippen molar-refractivity contribution in [3.05, 3.63) is 0 Å². The fourth-order valence-corrected chi connectivity index (χ4v) is 5.92. The molecule has 0 aliphatic rings. The number of ether oxygens (including phenoxy) is 3. The summed E-state index contributed by atoms with van der Waals surface area (Å²) in [4.78, 5) is 37.2. The zero-order valence-electron chi connectivity index (χ0n) is 31.7. The van der Waals surface area contributed by atoms with Crippen molar-refractivity contribution < 1.29 is 28.6 Å². The van der Waals surface area contributed by atoms with Gasteiger partial charge in [0.2, 0.25) is 0 Å². The van der Waals surface area contributed by atoms with Crippen molar-refractivity contribution in [2.75, 3.05) is 13.2 Å². The third-order valence-corrected chi connectivity index (χ3v) is 9.04. The van der Waals surface area contributed by atoms with E-state index in [0.29, 0.717) is 19.3 Å². The predicted molar refractivity (Wildman–Crippen MR) is 196 cm³/mol. The first-order valence-corrected chi connectivity index (χ1v) is 20.4. The van der Waals surface area contributed by atoms with E-state index in [1.165, 1.54) is 109 Å². The Bertz CT molecular complexity index is 706. The summed E-state index contributed by atoms with van der Waals surface area (Å²) in [6, 6.07) is 0. The molecule has 0 rings (SSSR count). The minimum atomic E-state index is -0.756. The third kappa shape index (κ3) is 35.5. The van der Waals surface area contributed by atoms with E-state index in [1.54, 1.807) is 0 Å². The number of hydrogen-bond acceptors (Lipinski definition) is 6. The Morgan fingerprint density at radius 2 is 0.702 bits per heavy atom. The van der Waals surface area contributed by atoms with E-state index in [0.717, 1.165) is 70.1 Å². The van der Waals surface area contributed by atoms with Crippen LogP contribution in [0.15, 0.2) is 0 Å². The highest BCUT2D eigenvalue weighted by atomic mass is 16.6. The smallest absolute Gasteiger partial charge is 0.306 e. The van der Waals surface area contributed by atoms with E-state index < -0.39 is 6.10 Å². The first-order chi connectivity index (χ1) is 22.9. The second-order valence-corrected chi connectivity index (χ2v) is 14.4. The lowest BCUT2D eigenvalue weighted by Gasteiger charge is -2.18. The molecule has 0 fully saturated rings. The average molecular weight is 667 g/mol. The summed E-state index contributed by atoms with van der Waals surface area (Å²) in [5.74, 6) is -0.117. The van der Waals surface area contributed by atoms with Gasteiger partial charge in [0.25, 0.3) is 0 Å². The van der Waals surface area contributed by atoms with Crippen LogP contribution in [0.5, 0.6) is 0 Å². The van der Waals surface area contributed by atoms with E-state index >= 15 is 0 Å².